The number of fused-ring (bicyclic) bond motifs is 1. The SMILES string of the molecule is CC(C)(C)[C@@H](C(=O)N1C[C@H](O)C[C@H]1C(=O)NCc1ccc2cnccc2c1)n1cc(C2CC2)nn1. The van der Waals surface area contributed by atoms with Crippen molar-refractivity contribution in [3.8, 4) is 0 Å². The summed E-state index contributed by atoms with van der Waals surface area (Å²) < 4.78 is 1.64. The fraction of sp³-hybridized carbons (Fsp3) is 0.500. The lowest BCUT2D eigenvalue weighted by Gasteiger charge is -2.34. The molecule has 3 heterocycles. The lowest BCUT2D eigenvalue weighted by atomic mass is 9.85. The highest BCUT2D eigenvalue weighted by atomic mass is 16.3. The Kier molecular flexibility index (Phi) is 6.04. The fourth-order valence-corrected chi connectivity index (χ4v) is 4.88. The van der Waals surface area contributed by atoms with E-state index in [-0.39, 0.29) is 24.8 Å². The highest BCUT2D eigenvalue weighted by molar-refractivity contribution is 5.90. The zero-order chi connectivity index (χ0) is 24.7. The third-order valence-electron chi connectivity index (χ3n) is 6.88. The molecular weight excluding hydrogens is 444 g/mol. The minimum atomic E-state index is -0.749. The Hall–Kier alpha value is -3.33. The molecule has 2 fully saturated rings. The van der Waals surface area contributed by atoms with Crippen LogP contribution in [0.1, 0.15) is 63.3 Å². The van der Waals surface area contributed by atoms with Gasteiger partial charge in [-0.3, -0.25) is 14.6 Å². The summed E-state index contributed by atoms with van der Waals surface area (Å²) in [6.07, 6.45) is 7.06. The highest BCUT2D eigenvalue weighted by Gasteiger charge is 2.45. The Labute approximate surface area is 204 Å². The molecule has 2 aliphatic rings. The van der Waals surface area contributed by atoms with Crippen molar-refractivity contribution in [3.05, 3.63) is 54.1 Å². The van der Waals surface area contributed by atoms with Gasteiger partial charge in [-0.25, -0.2) is 4.68 Å². The van der Waals surface area contributed by atoms with Crippen LogP contribution >= 0.6 is 0 Å². The summed E-state index contributed by atoms with van der Waals surface area (Å²) in [6, 6.07) is 6.51. The van der Waals surface area contributed by atoms with Gasteiger partial charge in [-0.15, -0.1) is 5.10 Å². The Bertz CT molecular complexity index is 1250. The number of β-amino-alcohol motifs (C(OH)–C–C–N with tert-alkyl or cyclic N) is 1. The molecule has 9 nitrogen and oxygen atoms in total. The molecule has 5 rings (SSSR count). The molecule has 1 saturated carbocycles. The van der Waals surface area contributed by atoms with Crippen LogP contribution in [0.2, 0.25) is 0 Å². The van der Waals surface area contributed by atoms with Crippen LogP contribution in [0.5, 0.6) is 0 Å². The van der Waals surface area contributed by atoms with E-state index in [0.717, 1.165) is 34.9 Å². The van der Waals surface area contributed by atoms with Crippen LogP contribution in [0.3, 0.4) is 0 Å². The first-order valence-corrected chi connectivity index (χ1v) is 12.2. The van der Waals surface area contributed by atoms with E-state index in [4.69, 9.17) is 0 Å². The van der Waals surface area contributed by atoms with Gasteiger partial charge in [0, 0.05) is 49.4 Å². The largest absolute Gasteiger partial charge is 0.391 e. The molecular formula is C26H32N6O3. The van der Waals surface area contributed by atoms with Gasteiger partial charge in [-0.1, -0.05) is 38.1 Å². The molecule has 0 bridgehead atoms. The van der Waals surface area contributed by atoms with E-state index < -0.39 is 23.6 Å². The Morgan fingerprint density at radius 3 is 2.74 bits per heavy atom. The number of pyridine rings is 1. The van der Waals surface area contributed by atoms with Crippen LogP contribution in [0.25, 0.3) is 10.8 Å². The van der Waals surface area contributed by atoms with Gasteiger partial charge in [0.15, 0.2) is 0 Å². The van der Waals surface area contributed by atoms with Gasteiger partial charge in [-0.05, 0) is 41.3 Å². The lowest BCUT2D eigenvalue weighted by Crippen LogP contribution is -2.50. The van der Waals surface area contributed by atoms with Crippen molar-refractivity contribution in [1.29, 1.82) is 0 Å². The van der Waals surface area contributed by atoms with Crippen LogP contribution in [-0.2, 0) is 16.1 Å². The van der Waals surface area contributed by atoms with Gasteiger partial charge in [0.05, 0.1) is 11.8 Å². The fourth-order valence-electron chi connectivity index (χ4n) is 4.88. The van der Waals surface area contributed by atoms with Crippen LogP contribution in [0.15, 0.2) is 42.9 Å². The molecule has 3 atom stereocenters. The van der Waals surface area contributed by atoms with E-state index in [1.165, 1.54) is 4.90 Å². The molecule has 1 aliphatic carbocycles. The monoisotopic (exact) mass is 476 g/mol. The summed E-state index contributed by atoms with van der Waals surface area (Å²) in [6.45, 7) is 6.39. The molecule has 0 unspecified atom stereocenters. The molecule has 2 amide bonds. The molecule has 0 spiro atoms. The van der Waals surface area contributed by atoms with E-state index >= 15 is 0 Å². The number of rotatable bonds is 6. The van der Waals surface area contributed by atoms with E-state index in [9.17, 15) is 14.7 Å². The number of carbonyl (C=O) groups excluding carboxylic acids is 2. The number of aliphatic hydroxyl groups is 1. The van der Waals surface area contributed by atoms with Crippen molar-refractivity contribution >= 4 is 22.6 Å². The zero-order valence-electron chi connectivity index (χ0n) is 20.4. The zero-order valence-corrected chi connectivity index (χ0v) is 20.4. The number of likely N-dealkylation sites (tertiary alicyclic amines) is 1. The number of nitrogens with zero attached hydrogens (tertiary/aromatic N) is 5. The predicted octanol–water partition coefficient (Wildman–Crippen LogP) is 2.57. The first-order chi connectivity index (χ1) is 16.7. The first-order valence-electron chi connectivity index (χ1n) is 12.2. The number of amides is 2. The third-order valence-corrected chi connectivity index (χ3v) is 6.88. The second kappa shape index (κ2) is 9.03. The maximum atomic E-state index is 13.8. The molecule has 35 heavy (non-hydrogen) atoms. The highest BCUT2D eigenvalue weighted by Crippen LogP contribution is 2.40. The summed E-state index contributed by atoms with van der Waals surface area (Å²) in [5.74, 6) is -0.0627. The third kappa shape index (κ3) is 4.91. The van der Waals surface area contributed by atoms with Gasteiger partial charge in [-0.2, -0.15) is 0 Å². The van der Waals surface area contributed by atoms with Crippen molar-refractivity contribution in [2.75, 3.05) is 6.54 Å². The van der Waals surface area contributed by atoms with Gasteiger partial charge < -0.3 is 15.3 Å². The molecule has 2 aromatic heterocycles. The molecule has 1 aromatic carbocycles. The van der Waals surface area contributed by atoms with Crippen molar-refractivity contribution in [1.82, 2.24) is 30.2 Å². The van der Waals surface area contributed by atoms with Crippen LogP contribution < -0.4 is 5.32 Å². The standard InChI is InChI=1S/C26H32N6O3/c1-26(2,3)23(32-15-21(29-30-32)17-6-7-17)25(35)31-14-20(33)11-22(31)24(34)28-12-16-4-5-19-13-27-9-8-18(19)10-16/h4-5,8-10,13,15,17,20,22-23,33H,6-7,11-12,14H2,1-3H3,(H,28,34)/t20-,22+,23-/m1/s1. The normalized spacial score (nSPS) is 21.3. The molecule has 2 N–H and O–H groups in total. The van der Waals surface area contributed by atoms with Crippen LogP contribution in [0.4, 0.5) is 0 Å². The topological polar surface area (TPSA) is 113 Å². The summed E-state index contributed by atoms with van der Waals surface area (Å²) in [5.41, 5.74) is 1.41. The maximum absolute atomic E-state index is 13.8. The number of benzene rings is 1. The van der Waals surface area contributed by atoms with Crippen LogP contribution in [-0.4, -0.2) is 60.5 Å². The average molecular weight is 477 g/mol. The second-order valence-electron chi connectivity index (χ2n) is 10.8. The number of aliphatic hydroxyl groups excluding tert-OH is 1. The quantitative estimate of drug-likeness (QED) is 0.565. The molecule has 184 valence electrons. The molecule has 3 aromatic rings. The number of carbonyl (C=O) groups is 2. The van der Waals surface area contributed by atoms with E-state index in [0.29, 0.717) is 12.5 Å². The number of hydrogen-bond donors (Lipinski definition) is 2. The van der Waals surface area contributed by atoms with Gasteiger partial charge >= 0.3 is 0 Å². The van der Waals surface area contributed by atoms with Crippen molar-refractivity contribution in [3.63, 3.8) is 0 Å². The van der Waals surface area contributed by atoms with Gasteiger partial charge in [0.1, 0.15) is 12.1 Å². The van der Waals surface area contributed by atoms with Crippen molar-refractivity contribution < 1.29 is 14.7 Å². The average Bonchev–Trinajstić information content (AvgIpc) is 3.43. The molecule has 9 heteroatoms. The van der Waals surface area contributed by atoms with E-state index in [1.807, 2.05) is 51.2 Å². The van der Waals surface area contributed by atoms with E-state index in [1.54, 1.807) is 17.1 Å². The van der Waals surface area contributed by atoms with Crippen molar-refractivity contribution in [2.24, 2.45) is 5.41 Å². The molecule has 0 radical (unpaired) electrons. The number of hydrogen-bond acceptors (Lipinski definition) is 6. The minimum Gasteiger partial charge on any atom is -0.391 e. The second-order valence-corrected chi connectivity index (χ2v) is 10.8. The Balaban J connectivity index is 1.32. The summed E-state index contributed by atoms with van der Waals surface area (Å²) >= 11 is 0. The summed E-state index contributed by atoms with van der Waals surface area (Å²) in [5, 5.41) is 24.0. The summed E-state index contributed by atoms with van der Waals surface area (Å²) in [7, 11) is 0. The summed E-state index contributed by atoms with van der Waals surface area (Å²) in [4.78, 5) is 32.6. The van der Waals surface area contributed by atoms with Crippen LogP contribution in [0, 0.1) is 5.41 Å². The van der Waals surface area contributed by atoms with Gasteiger partial charge in [0.2, 0.25) is 11.8 Å². The Morgan fingerprint density at radius 2 is 2.00 bits per heavy atom. The molecule has 1 aliphatic heterocycles. The van der Waals surface area contributed by atoms with Crippen molar-refractivity contribution in [2.45, 2.75) is 70.7 Å². The predicted molar refractivity (Wildman–Crippen MR) is 130 cm³/mol. The Morgan fingerprint density at radius 1 is 1.20 bits per heavy atom. The maximum Gasteiger partial charge on any atom is 0.248 e. The van der Waals surface area contributed by atoms with E-state index in [2.05, 4.69) is 20.6 Å². The first kappa shape index (κ1) is 23.4. The minimum absolute atomic E-state index is 0.122. The number of nitrogens with one attached hydrogen (secondary N) is 1. The molecule has 1 saturated heterocycles. The smallest absolute Gasteiger partial charge is 0.248 e. The lowest BCUT2D eigenvalue weighted by molar-refractivity contribution is -0.144. The van der Waals surface area contributed by atoms with Gasteiger partial charge in [0.25, 0.3) is 0 Å². The number of aromatic nitrogens is 4.